The van der Waals surface area contributed by atoms with Gasteiger partial charge in [-0.15, -0.1) is 10.2 Å². The number of unbranched alkanes of at least 4 members (excludes halogenated alkanes) is 9. The zero-order valence-electron chi connectivity index (χ0n) is 17.3. The second-order valence-corrected chi connectivity index (χ2v) is 8.53. The van der Waals surface area contributed by atoms with Crippen LogP contribution >= 0.6 is 11.3 Å². The van der Waals surface area contributed by atoms with Crippen LogP contribution in [0.15, 0.2) is 0 Å². The Kier molecular flexibility index (Phi) is 9.61. The number of anilines is 1. The minimum Gasteiger partial charge on any atom is -0.324 e. The zero-order valence-corrected chi connectivity index (χ0v) is 18.1. The van der Waals surface area contributed by atoms with Crippen molar-refractivity contribution in [3.05, 3.63) is 5.01 Å². The molecule has 6 nitrogen and oxygen atoms in total. The van der Waals surface area contributed by atoms with E-state index in [1.807, 2.05) is 0 Å². The zero-order chi connectivity index (χ0) is 21.3. The van der Waals surface area contributed by atoms with Crippen LogP contribution in [-0.4, -0.2) is 47.4 Å². The van der Waals surface area contributed by atoms with E-state index in [9.17, 15) is 18.0 Å². The fraction of sp³-hybridized carbons (Fsp3) is 0.842. The van der Waals surface area contributed by atoms with E-state index in [2.05, 4.69) is 22.4 Å². The van der Waals surface area contributed by atoms with Crippen LogP contribution in [0.5, 0.6) is 0 Å². The van der Waals surface area contributed by atoms with Crippen molar-refractivity contribution in [3.63, 3.8) is 0 Å². The van der Waals surface area contributed by atoms with Gasteiger partial charge in [-0.05, 0) is 13.0 Å². The van der Waals surface area contributed by atoms with E-state index in [1.165, 1.54) is 61.2 Å². The Morgan fingerprint density at radius 2 is 1.62 bits per heavy atom. The van der Waals surface area contributed by atoms with Gasteiger partial charge in [0, 0.05) is 7.05 Å². The highest BCUT2D eigenvalue weighted by Crippen LogP contribution is 2.35. The Morgan fingerprint density at radius 3 is 2.17 bits per heavy atom. The van der Waals surface area contributed by atoms with Crippen molar-refractivity contribution in [2.24, 2.45) is 0 Å². The molecule has 0 radical (unpaired) electrons. The van der Waals surface area contributed by atoms with E-state index in [1.54, 1.807) is 7.05 Å². The Hall–Kier alpha value is -1.42. The van der Waals surface area contributed by atoms with Crippen LogP contribution in [0, 0.1) is 0 Å². The monoisotopic (exact) mass is 435 g/mol. The molecule has 1 aromatic rings. The highest BCUT2D eigenvalue weighted by atomic mass is 32.1. The average Bonchev–Trinajstić information content (AvgIpc) is 3.25. The molecular formula is C19H32F3N5OS. The molecule has 0 saturated carbocycles. The van der Waals surface area contributed by atoms with Crippen LogP contribution in [0.25, 0.3) is 0 Å². The molecule has 1 aliphatic rings. The lowest BCUT2D eigenvalue weighted by molar-refractivity contribution is -0.138. The quantitative estimate of drug-likeness (QED) is 0.429. The summed E-state index contributed by atoms with van der Waals surface area (Å²) >= 11 is 0.397. The van der Waals surface area contributed by atoms with Gasteiger partial charge in [0.15, 0.2) is 0 Å². The Labute approximate surface area is 174 Å². The number of urea groups is 1. The highest BCUT2D eigenvalue weighted by molar-refractivity contribution is 7.15. The van der Waals surface area contributed by atoms with Crippen molar-refractivity contribution in [2.75, 3.05) is 25.0 Å². The van der Waals surface area contributed by atoms with E-state index >= 15 is 0 Å². The number of aromatic nitrogens is 2. The maximum absolute atomic E-state index is 12.8. The molecule has 2 amide bonds. The lowest BCUT2D eigenvalue weighted by atomic mass is 10.1. The molecule has 2 rings (SSSR count). The second-order valence-electron chi connectivity index (χ2n) is 7.57. The minimum atomic E-state index is -4.55. The predicted octanol–water partition coefficient (Wildman–Crippen LogP) is 5.27. The van der Waals surface area contributed by atoms with Gasteiger partial charge in [-0.25, -0.2) is 4.79 Å². The fourth-order valence-corrected chi connectivity index (χ4v) is 4.17. The van der Waals surface area contributed by atoms with Crippen LogP contribution < -0.4 is 10.2 Å². The summed E-state index contributed by atoms with van der Waals surface area (Å²) in [6.45, 7) is 3.33. The summed E-state index contributed by atoms with van der Waals surface area (Å²) in [6, 6.07) is -0.365. The molecule has 0 bridgehead atoms. The minimum absolute atomic E-state index is 0.0211. The molecule has 1 fully saturated rings. The van der Waals surface area contributed by atoms with Gasteiger partial charge in [-0.3, -0.25) is 10.2 Å². The summed E-state index contributed by atoms with van der Waals surface area (Å²) in [4.78, 5) is 15.1. The molecular weight excluding hydrogens is 403 g/mol. The van der Waals surface area contributed by atoms with Crippen LogP contribution in [0.4, 0.5) is 23.1 Å². The Bertz CT molecular complexity index is 625. The van der Waals surface area contributed by atoms with Crippen LogP contribution in [0.1, 0.15) is 76.1 Å². The third-order valence-electron chi connectivity index (χ3n) is 5.06. The topological polar surface area (TPSA) is 61.4 Å². The number of carbonyl (C=O) groups is 1. The number of amides is 2. The number of alkyl halides is 3. The van der Waals surface area contributed by atoms with Crippen molar-refractivity contribution in [3.8, 4) is 0 Å². The smallest absolute Gasteiger partial charge is 0.324 e. The first-order valence-electron chi connectivity index (χ1n) is 10.5. The number of hydrogen-bond acceptors (Lipinski definition) is 5. The van der Waals surface area contributed by atoms with Gasteiger partial charge >= 0.3 is 12.2 Å². The van der Waals surface area contributed by atoms with Crippen LogP contribution in [-0.2, 0) is 6.18 Å². The molecule has 1 unspecified atom stereocenters. The fourth-order valence-electron chi connectivity index (χ4n) is 3.42. The largest absolute Gasteiger partial charge is 0.445 e. The Balaban J connectivity index is 1.70. The molecule has 1 atom stereocenters. The summed E-state index contributed by atoms with van der Waals surface area (Å²) < 4.78 is 38.4. The molecule has 1 N–H and O–H groups in total. The predicted molar refractivity (Wildman–Crippen MR) is 109 cm³/mol. The summed E-state index contributed by atoms with van der Waals surface area (Å²) in [5, 5.41) is 9.01. The van der Waals surface area contributed by atoms with Gasteiger partial charge in [0.05, 0.1) is 6.54 Å². The van der Waals surface area contributed by atoms with Gasteiger partial charge in [-0.1, -0.05) is 76.0 Å². The standard InChI is InChI=1S/C19H32F3N5OS/c1-3-4-5-6-7-8-9-10-11-12-13-23-15-14-26(2)18(28)27(15)17-25-24-16(29-17)19(20,21)22/h15,23H,3-14H2,1-2H3. The number of likely N-dealkylation sites (N-methyl/N-ethyl adjacent to an activating group) is 1. The summed E-state index contributed by atoms with van der Waals surface area (Å²) in [7, 11) is 1.63. The number of carbonyl (C=O) groups excluding carboxylic acids is 1. The number of halogens is 3. The van der Waals surface area contributed by atoms with Crippen molar-refractivity contribution < 1.29 is 18.0 Å². The third kappa shape index (κ3) is 7.40. The van der Waals surface area contributed by atoms with Gasteiger partial charge in [-0.2, -0.15) is 13.2 Å². The summed E-state index contributed by atoms with van der Waals surface area (Å²) in [5.41, 5.74) is 0. The van der Waals surface area contributed by atoms with Crippen LogP contribution in [0.3, 0.4) is 0 Å². The first-order chi connectivity index (χ1) is 13.8. The molecule has 1 saturated heterocycles. The second kappa shape index (κ2) is 11.7. The average molecular weight is 436 g/mol. The van der Waals surface area contributed by atoms with Gasteiger partial charge in [0.2, 0.25) is 10.1 Å². The normalized spacial score (nSPS) is 17.6. The van der Waals surface area contributed by atoms with Crippen molar-refractivity contribution in [1.82, 2.24) is 20.4 Å². The molecule has 166 valence electrons. The van der Waals surface area contributed by atoms with Crippen molar-refractivity contribution in [2.45, 2.75) is 83.5 Å². The van der Waals surface area contributed by atoms with Gasteiger partial charge in [0.1, 0.15) is 6.17 Å². The summed E-state index contributed by atoms with van der Waals surface area (Å²) in [5.74, 6) is 0. The van der Waals surface area contributed by atoms with E-state index in [4.69, 9.17) is 0 Å². The van der Waals surface area contributed by atoms with Gasteiger partial charge < -0.3 is 4.90 Å². The molecule has 0 aliphatic carbocycles. The molecule has 0 spiro atoms. The van der Waals surface area contributed by atoms with Crippen LogP contribution in [0.2, 0.25) is 0 Å². The molecule has 1 aliphatic heterocycles. The first-order valence-corrected chi connectivity index (χ1v) is 11.3. The lowest BCUT2D eigenvalue weighted by Crippen LogP contribution is -2.44. The Morgan fingerprint density at radius 1 is 1.03 bits per heavy atom. The third-order valence-corrected chi connectivity index (χ3v) is 6.03. The number of nitrogens with zero attached hydrogens (tertiary/aromatic N) is 4. The molecule has 29 heavy (non-hydrogen) atoms. The van der Waals surface area contributed by atoms with Crippen molar-refractivity contribution in [1.29, 1.82) is 0 Å². The number of nitrogens with one attached hydrogen (secondary N) is 1. The molecule has 10 heteroatoms. The first kappa shape index (κ1) is 23.9. The lowest BCUT2D eigenvalue weighted by Gasteiger charge is -2.20. The van der Waals surface area contributed by atoms with Crippen molar-refractivity contribution >= 4 is 22.5 Å². The van der Waals surface area contributed by atoms with E-state index in [-0.39, 0.29) is 17.3 Å². The van der Waals surface area contributed by atoms with E-state index < -0.39 is 11.2 Å². The SMILES string of the molecule is CCCCCCCCCCCCNC1CN(C)C(=O)N1c1nnc(C(F)(F)F)s1. The summed E-state index contributed by atoms with van der Waals surface area (Å²) in [6.07, 6.45) is 7.44. The van der Waals surface area contributed by atoms with Gasteiger partial charge in [0.25, 0.3) is 0 Å². The number of rotatable bonds is 13. The maximum Gasteiger partial charge on any atom is 0.445 e. The molecule has 1 aromatic heterocycles. The highest BCUT2D eigenvalue weighted by Gasteiger charge is 2.41. The van der Waals surface area contributed by atoms with E-state index in [0.29, 0.717) is 24.4 Å². The number of hydrogen-bond donors (Lipinski definition) is 1. The molecule has 0 aromatic carbocycles. The molecule has 2 heterocycles. The van der Waals surface area contributed by atoms with E-state index in [0.717, 1.165) is 12.8 Å². The maximum atomic E-state index is 12.8.